The van der Waals surface area contributed by atoms with E-state index in [2.05, 4.69) is 49.9 Å². The van der Waals surface area contributed by atoms with Crippen LogP contribution >= 0.6 is 0 Å². The van der Waals surface area contributed by atoms with Crippen molar-refractivity contribution in [2.75, 3.05) is 19.6 Å². The molecule has 0 saturated carbocycles. The Hall–Kier alpha value is -0.900. The van der Waals surface area contributed by atoms with E-state index in [0.717, 1.165) is 26.1 Å². The quantitative estimate of drug-likeness (QED) is 0.904. The molecule has 1 aromatic rings. The molecule has 19 heavy (non-hydrogen) atoms. The fourth-order valence-electron chi connectivity index (χ4n) is 3.04. The standard InChI is InChI=1S/C16H26N2O/c1-13-11-18(12-16(2,3)19-13)9-8-14-6-4-5-7-15(14)10-17/h4-7,13H,8-12,17H2,1-3H3. The minimum Gasteiger partial charge on any atom is -0.370 e. The highest BCUT2D eigenvalue weighted by Crippen LogP contribution is 2.21. The van der Waals surface area contributed by atoms with E-state index in [9.17, 15) is 0 Å². The lowest BCUT2D eigenvalue weighted by Crippen LogP contribution is -2.52. The minimum absolute atomic E-state index is 0.0367. The van der Waals surface area contributed by atoms with E-state index in [1.54, 1.807) is 0 Å². The van der Waals surface area contributed by atoms with Gasteiger partial charge in [-0.1, -0.05) is 24.3 Å². The average molecular weight is 262 g/mol. The lowest BCUT2D eigenvalue weighted by atomic mass is 10.0. The van der Waals surface area contributed by atoms with Crippen molar-refractivity contribution in [3.63, 3.8) is 0 Å². The van der Waals surface area contributed by atoms with Gasteiger partial charge in [-0.3, -0.25) is 4.90 Å². The van der Waals surface area contributed by atoms with Crippen molar-refractivity contribution >= 4 is 0 Å². The number of rotatable bonds is 4. The topological polar surface area (TPSA) is 38.5 Å². The highest BCUT2D eigenvalue weighted by Gasteiger charge is 2.30. The van der Waals surface area contributed by atoms with E-state index < -0.39 is 0 Å². The van der Waals surface area contributed by atoms with Gasteiger partial charge in [0.1, 0.15) is 0 Å². The van der Waals surface area contributed by atoms with Crippen molar-refractivity contribution in [1.82, 2.24) is 4.90 Å². The summed E-state index contributed by atoms with van der Waals surface area (Å²) < 4.78 is 5.94. The number of benzene rings is 1. The van der Waals surface area contributed by atoms with Crippen molar-refractivity contribution in [2.45, 2.75) is 45.4 Å². The average Bonchev–Trinajstić information content (AvgIpc) is 2.34. The lowest BCUT2D eigenvalue weighted by molar-refractivity contribution is -0.128. The van der Waals surface area contributed by atoms with Gasteiger partial charge in [0.15, 0.2) is 0 Å². The Balaban J connectivity index is 1.95. The molecule has 0 aromatic heterocycles. The maximum absolute atomic E-state index is 5.94. The zero-order valence-corrected chi connectivity index (χ0v) is 12.4. The molecule has 1 aliphatic rings. The van der Waals surface area contributed by atoms with Crippen molar-refractivity contribution in [2.24, 2.45) is 5.73 Å². The van der Waals surface area contributed by atoms with Crippen LogP contribution in [0.3, 0.4) is 0 Å². The molecule has 3 nitrogen and oxygen atoms in total. The van der Waals surface area contributed by atoms with Crippen LogP contribution in [-0.2, 0) is 17.7 Å². The van der Waals surface area contributed by atoms with E-state index in [1.165, 1.54) is 11.1 Å². The first-order valence-electron chi connectivity index (χ1n) is 7.17. The highest BCUT2D eigenvalue weighted by atomic mass is 16.5. The van der Waals surface area contributed by atoms with Gasteiger partial charge in [-0.25, -0.2) is 0 Å². The minimum atomic E-state index is -0.0367. The molecule has 3 heteroatoms. The fraction of sp³-hybridized carbons (Fsp3) is 0.625. The molecule has 0 radical (unpaired) electrons. The van der Waals surface area contributed by atoms with Crippen LogP contribution in [-0.4, -0.2) is 36.2 Å². The number of hydrogen-bond acceptors (Lipinski definition) is 3. The van der Waals surface area contributed by atoms with Crippen molar-refractivity contribution < 1.29 is 4.74 Å². The third-order valence-corrected chi connectivity index (χ3v) is 3.68. The molecule has 0 bridgehead atoms. The second-order valence-corrected chi connectivity index (χ2v) is 6.15. The van der Waals surface area contributed by atoms with E-state index in [0.29, 0.717) is 12.6 Å². The largest absolute Gasteiger partial charge is 0.370 e. The summed E-state index contributed by atoms with van der Waals surface area (Å²) in [5, 5.41) is 0. The molecule has 1 saturated heterocycles. The maximum Gasteiger partial charge on any atom is 0.0757 e. The molecule has 1 fully saturated rings. The molecule has 0 amide bonds. The summed E-state index contributed by atoms with van der Waals surface area (Å²) in [6.45, 7) is 10.2. The fourth-order valence-corrected chi connectivity index (χ4v) is 3.04. The van der Waals surface area contributed by atoms with Crippen molar-refractivity contribution in [3.05, 3.63) is 35.4 Å². The van der Waals surface area contributed by atoms with Crippen LogP contribution < -0.4 is 5.73 Å². The summed E-state index contributed by atoms with van der Waals surface area (Å²) in [4.78, 5) is 2.50. The van der Waals surface area contributed by atoms with Gasteiger partial charge in [0, 0.05) is 26.2 Å². The molecular formula is C16H26N2O. The predicted octanol–water partition coefficient (Wildman–Crippen LogP) is 2.19. The second-order valence-electron chi connectivity index (χ2n) is 6.15. The first-order valence-corrected chi connectivity index (χ1v) is 7.17. The zero-order chi connectivity index (χ0) is 13.9. The van der Waals surface area contributed by atoms with Gasteiger partial charge in [-0.05, 0) is 38.3 Å². The molecule has 1 atom stereocenters. The first-order chi connectivity index (χ1) is 9.00. The van der Waals surface area contributed by atoms with Gasteiger partial charge < -0.3 is 10.5 Å². The lowest BCUT2D eigenvalue weighted by Gasteiger charge is -2.41. The van der Waals surface area contributed by atoms with Crippen LogP contribution in [0.4, 0.5) is 0 Å². The van der Waals surface area contributed by atoms with Crippen molar-refractivity contribution in [3.8, 4) is 0 Å². The molecule has 2 rings (SSSR count). The normalized spacial score (nSPS) is 23.5. The SMILES string of the molecule is CC1CN(CCc2ccccc2CN)CC(C)(C)O1. The van der Waals surface area contributed by atoms with Gasteiger partial charge >= 0.3 is 0 Å². The number of hydrogen-bond donors (Lipinski definition) is 1. The molecule has 0 spiro atoms. The summed E-state index contributed by atoms with van der Waals surface area (Å²) in [5.74, 6) is 0. The summed E-state index contributed by atoms with van der Waals surface area (Å²) in [5.41, 5.74) is 8.40. The van der Waals surface area contributed by atoms with E-state index in [1.807, 2.05) is 0 Å². The number of ether oxygens (including phenoxy) is 1. The maximum atomic E-state index is 5.94. The van der Waals surface area contributed by atoms with Crippen LogP contribution in [0.5, 0.6) is 0 Å². The van der Waals surface area contributed by atoms with Crippen LogP contribution in [0.15, 0.2) is 24.3 Å². The molecule has 1 aliphatic heterocycles. The molecule has 1 heterocycles. The van der Waals surface area contributed by atoms with E-state index >= 15 is 0 Å². The molecule has 1 aromatic carbocycles. The van der Waals surface area contributed by atoms with Crippen LogP contribution in [0, 0.1) is 0 Å². The number of morpholine rings is 1. The Bertz CT molecular complexity index is 417. The first kappa shape index (κ1) is 14.5. The Labute approximate surface area is 116 Å². The van der Waals surface area contributed by atoms with Gasteiger partial charge in [-0.15, -0.1) is 0 Å². The molecule has 106 valence electrons. The Kier molecular flexibility index (Phi) is 4.61. The molecule has 0 aliphatic carbocycles. The van der Waals surface area contributed by atoms with Gasteiger partial charge in [0.25, 0.3) is 0 Å². The van der Waals surface area contributed by atoms with E-state index in [4.69, 9.17) is 10.5 Å². The summed E-state index contributed by atoms with van der Waals surface area (Å²) >= 11 is 0. The number of nitrogens with two attached hydrogens (primary N) is 1. The third kappa shape index (κ3) is 4.03. The monoisotopic (exact) mass is 262 g/mol. The van der Waals surface area contributed by atoms with Crippen LogP contribution in [0.1, 0.15) is 31.9 Å². The third-order valence-electron chi connectivity index (χ3n) is 3.68. The summed E-state index contributed by atoms with van der Waals surface area (Å²) in [7, 11) is 0. The summed E-state index contributed by atoms with van der Waals surface area (Å²) in [6.07, 6.45) is 1.38. The van der Waals surface area contributed by atoms with Gasteiger partial charge in [-0.2, -0.15) is 0 Å². The van der Waals surface area contributed by atoms with Crippen LogP contribution in [0.2, 0.25) is 0 Å². The Morgan fingerprint density at radius 2 is 2.00 bits per heavy atom. The predicted molar refractivity (Wildman–Crippen MR) is 79.1 cm³/mol. The van der Waals surface area contributed by atoms with Crippen LogP contribution in [0.25, 0.3) is 0 Å². The summed E-state index contributed by atoms with van der Waals surface area (Å²) in [6, 6.07) is 8.48. The molecule has 1 unspecified atom stereocenters. The highest BCUT2D eigenvalue weighted by molar-refractivity contribution is 5.27. The smallest absolute Gasteiger partial charge is 0.0757 e. The molecular weight excluding hydrogens is 236 g/mol. The zero-order valence-electron chi connectivity index (χ0n) is 12.4. The van der Waals surface area contributed by atoms with E-state index in [-0.39, 0.29) is 5.60 Å². The molecule has 2 N–H and O–H groups in total. The Morgan fingerprint density at radius 3 is 2.63 bits per heavy atom. The Morgan fingerprint density at radius 1 is 1.32 bits per heavy atom. The second kappa shape index (κ2) is 6.04. The number of nitrogens with zero attached hydrogens (tertiary/aromatic N) is 1. The van der Waals surface area contributed by atoms with Gasteiger partial charge in [0.05, 0.1) is 11.7 Å². The van der Waals surface area contributed by atoms with Crippen molar-refractivity contribution in [1.29, 1.82) is 0 Å². The van der Waals surface area contributed by atoms with Gasteiger partial charge in [0.2, 0.25) is 0 Å².